The van der Waals surface area contributed by atoms with E-state index in [1.54, 1.807) is 0 Å². The quantitative estimate of drug-likeness (QED) is 0.575. The number of aryl methyl sites for hydroxylation is 1. The molecule has 1 unspecified atom stereocenters. The smallest absolute Gasteiger partial charge is 0.0253 e. The lowest BCUT2D eigenvalue weighted by Gasteiger charge is -2.07. The average Bonchev–Trinajstić information content (AvgIpc) is 2.33. The molecule has 0 N–H and O–H groups in total. The number of fused-ring (bicyclic) bond motifs is 1. The first-order chi connectivity index (χ1) is 6.13. The minimum atomic E-state index is 0.525. The summed E-state index contributed by atoms with van der Waals surface area (Å²) in [4.78, 5) is 0. The molecule has 0 spiro atoms. The SMILES string of the molecule is CC1=C(Cl)C([SiH3])c2cccc(C)c21. The molecule has 0 amide bonds. The van der Waals surface area contributed by atoms with Gasteiger partial charge in [0.25, 0.3) is 0 Å². The first-order valence-corrected chi connectivity index (χ1v) is 6.12. The second kappa shape index (κ2) is 3.00. The maximum atomic E-state index is 6.26. The minimum absolute atomic E-state index is 0.525. The number of hydrogen-bond donors (Lipinski definition) is 0. The normalized spacial score (nSPS) is 21.0. The molecule has 2 rings (SSSR count). The Morgan fingerprint density at radius 3 is 2.62 bits per heavy atom. The van der Waals surface area contributed by atoms with Crippen molar-refractivity contribution in [1.29, 1.82) is 0 Å². The standard InChI is InChI=1S/C11H13ClSi/c1-6-4-3-5-8-9(6)7(2)10(12)11(8)13/h3-5,11H,1-2,13H3. The second-order valence-corrected chi connectivity index (χ2v) is 5.30. The lowest BCUT2D eigenvalue weighted by molar-refractivity contribution is 1.21. The van der Waals surface area contributed by atoms with Crippen molar-refractivity contribution in [3.63, 3.8) is 0 Å². The van der Waals surface area contributed by atoms with E-state index in [0.717, 1.165) is 15.3 Å². The molecule has 1 aliphatic rings. The van der Waals surface area contributed by atoms with Crippen molar-refractivity contribution in [1.82, 2.24) is 0 Å². The Balaban J connectivity index is 2.72. The van der Waals surface area contributed by atoms with Gasteiger partial charge in [-0.15, -0.1) is 0 Å². The largest absolute Gasteiger partial charge is 0.0885 e. The molecule has 1 atom stereocenters. The van der Waals surface area contributed by atoms with Crippen molar-refractivity contribution in [2.45, 2.75) is 19.4 Å². The van der Waals surface area contributed by atoms with Gasteiger partial charge in [-0.1, -0.05) is 29.8 Å². The molecule has 0 heterocycles. The van der Waals surface area contributed by atoms with Crippen LogP contribution in [0.15, 0.2) is 23.2 Å². The van der Waals surface area contributed by atoms with Gasteiger partial charge in [0.2, 0.25) is 0 Å². The van der Waals surface area contributed by atoms with Crippen molar-refractivity contribution in [2.75, 3.05) is 0 Å². The van der Waals surface area contributed by atoms with E-state index < -0.39 is 0 Å². The monoisotopic (exact) mass is 208 g/mol. The molecule has 0 saturated carbocycles. The van der Waals surface area contributed by atoms with Gasteiger partial charge in [0.1, 0.15) is 0 Å². The van der Waals surface area contributed by atoms with Crippen molar-refractivity contribution in [3.8, 4) is 0 Å². The lowest BCUT2D eigenvalue weighted by Crippen LogP contribution is -1.94. The Kier molecular flexibility index (Phi) is 2.09. The van der Waals surface area contributed by atoms with Gasteiger partial charge in [-0.3, -0.25) is 0 Å². The summed E-state index contributed by atoms with van der Waals surface area (Å²) in [6.07, 6.45) is 0. The van der Waals surface area contributed by atoms with Gasteiger partial charge < -0.3 is 0 Å². The average molecular weight is 209 g/mol. The lowest BCUT2D eigenvalue weighted by atomic mass is 10.0. The molecule has 13 heavy (non-hydrogen) atoms. The molecule has 0 radical (unpaired) electrons. The maximum Gasteiger partial charge on any atom is 0.0253 e. The molecule has 1 aromatic rings. The van der Waals surface area contributed by atoms with Gasteiger partial charge in [-0.05, 0) is 36.1 Å². The Hall–Kier alpha value is -0.533. The zero-order valence-electron chi connectivity index (χ0n) is 8.19. The molecule has 1 aliphatic carbocycles. The third-order valence-corrected chi connectivity index (χ3v) is 5.06. The highest BCUT2D eigenvalue weighted by Gasteiger charge is 2.25. The third-order valence-electron chi connectivity index (χ3n) is 2.88. The minimum Gasteiger partial charge on any atom is -0.0885 e. The molecular formula is C11H13ClSi. The van der Waals surface area contributed by atoms with E-state index in [9.17, 15) is 0 Å². The topological polar surface area (TPSA) is 0 Å². The molecule has 2 heteroatoms. The van der Waals surface area contributed by atoms with Gasteiger partial charge >= 0.3 is 0 Å². The molecule has 0 nitrogen and oxygen atoms in total. The Bertz CT molecular complexity index is 393. The number of hydrogen-bond acceptors (Lipinski definition) is 0. The summed E-state index contributed by atoms with van der Waals surface area (Å²) in [5, 5.41) is 1.07. The van der Waals surface area contributed by atoms with Gasteiger partial charge in [0, 0.05) is 20.8 Å². The number of benzene rings is 1. The number of rotatable bonds is 0. The van der Waals surface area contributed by atoms with E-state index in [-0.39, 0.29) is 0 Å². The maximum absolute atomic E-state index is 6.26. The molecule has 1 aromatic carbocycles. The zero-order chi connectivity index (χ0) is 9.59. The summed E-state index contributed by atoms with van der Waals surface area (Å²) in [5.41, 5.74) is 6.00. The fraction of sp³-hybridized carbons (Fsp3) is 0.273. The second-order valence-electron chi connectivity index (χ2n) is 3.73. The predicted octanol–water partition coefficient (Wildman–Crippen LogP) is 2.38. The molecule has 0 saturated heterocycles. The molecule has 0 aromatic heterocycles. The highest BCUT2D eigenvalue weighted by molar-refractivity contribution is 6.39. The van der Waals surface area contributed by atoms with Crippen molar-refractivity contribution >= 4 is 27.4 Å². The van der Waals surface area contributed by atoms with Crippen LogP contribution in [-0.4, -0.2) is 10.2 Å². The van der Waals surface area contributed by atoms with Gasteiger partial charge in [0.05, 0.1) is 0 Å². The first-order valence-electron chi connectivity index (χ1n) is 4.59. The van der Waals surface area contributed by atoms with Crippen molar-refractivity contribution in [2.24, 2.45) is 0 Å². The van der Waals surface area contributed by atoms with E-state index in [1.807, 2.05) is 0 Å². The van der Waals surface area contributed by atoms with Gasteiger partial charge in [-0.2, -0.15) is 0 Å². The fourth-order valence-corrected chi connectivity index (χ4v) is 3.27. The van der Waals surface area contributed by atoms with Crippen LogP contribution in [0.1, 0.15) is 29.2 Å². The molecule has 0 aliphatic heterocycles. The number of allylic oxidation sites excluding steroid dienone is 2. The van der Waals surface area contributed by atoms with Crippen LogP contribution in [0, 0.1) is 6.92 Å². The van der Waals surface area contributed by atoms with E-state index in [4.69, 9.17) is 11.6 Å². The fourth-order valence-electron chi connectivity index (χ4n) is 2.14. The van der Waals surface area contributed by atoms with E-state index in [1.165, 1.54) is 22.3 Å². The van der Waals surface area contributed by atoms with E-state index in [2.05, 4.69) is 32.0 Å². The molecule has 68 valence electrons. The summed E-state index contributed by atoms with van der Waals surface area (Å²) in [6, 6.07) is 6.49. The molecular weight excluding hydrogens is 196 g/mol. The van der Waals surface area contributed by atoms with Crippen LogP contribution < -0.4 is 0 Å². The molecule has 0 bridgehead atoms. The molecule has 0 fully saturated rings. The predicted molar refractivity (Wildman–Crippen MR) is 62.3 cm³/mol. The summed E-state index contributed by atoms with van der Waals surface area (Å²) in [5.74, 6) is 0. The highest BCUT2D eigenvalue weighted by atomic mass is 35.5. The Morgan fingerprint density at radius 1 is 1.31 bits per heavy atom. The van der Waals surface area contributed by atoms with Crippen LogP contribution in [0.3, 0.4) is 0 Å². The summed E-state index contributed by atoms with van der Waals surface area (Å²) in [6.45, 7) is 4.29. The third kappa shape index (κ3) is 1.18. The van der Waals surface area contributed by atoms with Gasteiger partial charge in [0.15, 0.2) is 0 Å². The van der Waals surface area contributed by atoms with Crippen LogP contribution in [0.25, 0.3) is 5.57 Å². The Morgan fingerprint density at radius 2 is 2.00 bits per heavy atom. The summed E-state index contributed by atoms with van der Waals surface area (Å²) in [7, 11) is 1.11. The highest BCUT2D eigenvalue weighted by Crippen LogP contribution is 2.42. The summed E-state index contributed by atoms with van der Waals surface area (Å²) < 4.78 is 0. The van der Waals surface area contributed by atoms with Crippen molar-refractivity contribution < 1.29 is 0 Å². The van der Waals surface area contributed by atoms with Crippen LogP contribution in [0.4, 0.5) is 0 Å². The number of halogens is 1. The van der Waals surface area contributed by atoms with Crippen LogP contribution >= 0.6 is 11.6 Å². The summed E-state index contributed by atoms with van der Waals surface area (Å²) >= 11 is 6.26. The van der Waals surface area contributed by atoms with Crippen LogP contribution in [-0.2, 0) is 0 Å². The van der Waals surface area contributed by atoms with Crippen molar-refractivity contribution in [3.05, 3.63) is 39.9 Å². The zero-order valence-corrected chi connectivity index (χ0v) is 10.9. The Labute approximate surface area is 87.0 Å². The van der Waals surface area contributed by atoms with Crippen LogP contribution in [0.2, 0.25) is 0 Å². The van der Waals surface area contributed by atoms with Crippen LogP contribution in [0.5, 0.6) is 0 Å². The van der Waals surface area contributed by atoms with Gasteiger partial charge in [-0.25, -0.2) is 0 Å². The van der Waals surface area contributed by atoms with E-state index >= 15 is 0 Å². The first kappa shape index (κ1) is 9.04. The van der Waals surface area contributed by atoms with E-state index in [0.29, 0.717) is 5.54 Å².